The molecule has 0 saturated carbocycles. The Labute approximate surface area is 110 Å². The van der Waals surface area contributed by atoms with Crippen LogP contribution in [0.15, 0.2) is 0 Å². The molecular formula is C10H16ClN5O2. The SMILES string of the molecule is COc1nc(Cl)nc(NC(=O)[C@@H](N)CC(C)C)n1. The Hall–Kier alpha value is -1.47. The Bertz CT molecular complexity index is 427. The third-order valence-electron chi connectivity index (χ3n) is 2.07. The summed E-state index contributed by atoms with van der Waals surface area (Å²) in [7, 11) is 1.39. The molecule has 0 spiro atoms. The third-order valence-corrected chi connectivity index (χ3v) is 2.24. The van der Waals surface area contributed by atoms with Crippen LogP contribution in [-0.4, -0.2) is 34.0 Å². The summed E-state index contributed by atoms with van der Waals surface area (Å²) in [4.78, 5) is 23.0. The first-order valence-electron chi connectivity index (χ1n) is 5.44. The molecule has 0 bridgehead atoms. The van der Waals surface area contributed by atoms with E-state index in [9.17, 15) is 4.79 Å². The molecule has 1 atom stereocenters. The molecule has 18 heavy (non-hydrogen) atoms. The van der Waals surface area contributed by atoms with E-state index < -0.39 is 6.04 Å². The van der Waals surface area contributed by atoms with Crippen molar-refractivity contribution < 1.29 is 9.53 Å². The molecule has 100 valence electrons. The lowest BCUT2D eigenvalue weighted by molar-refractivity contribution is -0.117. The molecule has 8 heteroatoms. The Morgan fingerprint density at radius 1 is 1.44 bits per heavy atom. The number of ether oxygens (including phenoxy) is 1. The molecular weight excluding hydrogens is 258 g/mol. The molecule has 0 aliphatic heterocycles. The van der Waals surface area contributed by atoms with Gasteiger partial charge in [-0.2, -0.15) is 15.0 Å². The monoisotopic (exact) mass is 273 g/mol. The Balaban J connectivity index is 2.72. The second-order valence-electron chi connectivity index (χ2n) is 4.14. The van der Waals surface area contributed by atoms with Crippen LogP contribution in [0.2, 0.25) is 5.28 Å². The minimum Gasteiger partial charge on any atom is -0.467 e. The molecule has 0 radical (unpaired) electrons. The normalized spacial score (nSPS) is 12.3. The summed E-state index contributed by atoms with van der Waals surface area (Å²) in [5, 5.41) is 2.41. The molecule has 1 heterocycles. The smallest absolute Gasteiger partial charge is 0.322 e. The van der Waals surface area contributed by atoms with Crippen molar-refractivity contribution in [3.8, 4) is 6.01 Å². The lowest BCUT2D eigenvalue weighted by Crippen LogP contribution is -2.37. The van der Waals surface area contributed by atoms with Gasteiger partial charge in [-0.15, -0.1) is 0 Å². The van der Waals surface area contributed by atoms with Crippen LogP contribution in [0.25, 0.3) is 0 Å². The number of amides is 1. The zero-order valence-electron chi connectivity index (χ0n) is 10.5. The zero-order chi connectivity index (χ0) is 13.7. The number of halogens is 1. The van der Waals surface area contributed by atoms with E-state index in [0.29, 0.717) is 12.3 Å². The first-order valence-corrected chi connectivity index (χ1v) is 5.82. The zero-order valence-corrected chi connectivity index (χ0v) is 11.2. The van der Waals surface area contributed by atoms with Crippen LogP contribution in [0.5, 0.6) is 6.01 Å². The molecule has 0 aliphatic carbocycles. The van der Waals surface area contributed by atoms with Crippen LogP contribution in [0.4, 0.5) is 5.95 Å². The highest BCUT2D eigenvalue weighted by Crippen LogP contribution is 2.11. The third kappa shape index (κ3) is 4.42. The second kappa shape index (κ2) is 6.46. The Kier molecular flexibility index (Phi) is 5.24. The van der Waals surface area contributed by atoms with E-state index in [1.165, 1.54) is 7.11 Å². The van der Waals surface area contributed by atoms with E-state index in [0.717, 1.165) is 0 Å². The number of rotatable bonds is 5. The van der Waals surface area contributed by atoms with Gasteiger partial charge in [0.15, 0.2) is 0 Å². The molecule has 1 aromatic rings. The molecule has 1 aromatic heterocycles. The summed E-state index contributed by atoms with van der Waals surface area (Å²) in [5.74, 6) is -0.0219. The van der Waals surface area contributed by atoms with Crippen molar-refractivity contribution in [2.45, 2.75) is 26.3 Å². The number of anilines is 1. The van der Waals surface area contributed by atoms with Gasteiger partial charge in [-0.1, -0.05) is 13.8 Å². The van der Waals surface area contributed by atoms with Gasteiger partial charge in [0.1, 0.15) is 0 Å². The van der Waals surface area contributed by atoms with Crippen LogP contribution in [0, 0.1) is 5.92 Å². The highest BCUT2D eigenvalue weighted by atomic mass is 35.5. The van der Waals surface area contributed by atoms with Gasteiger partial charge in [-0.3, -0.25) is 10.1 Å². The molecule has 1 rings (SSSR count). The summed E-state index contributed by atoms with van der Waals surface area (Å²) < 4.78 is 4.81. The molecule has 7 nitrogen and oxygen atoms in total. The predicted molar refractivity (Wildman–Crippen MR) is 67.4 cm³/mol. The summed E-state index contributed by atoms with van der Waals surface area (Å²) in [5.41, 5.74) is 5.73. The van der Waals surface area contributed by atoms with E-state index in [-0.39, 0.29) is 23.1 Å². The van der Waals surface area contributed by atoms with Crippen molar-refractivity contribution in [3.05, 3.63) is 5.28 Å². The molecule has 0 saturated heterocycles. The number of carbonyl (C=O) groups excluding carboxylic acids is 1. The van der Waals surface area contributed by atoms with Crippen LogP contribution < -0.4 is 15.8 Å². The number of hydrogen-bond donors (Lipinski definition) is 2. The Morgan fingerprint density at radius 3 is 2.67 bits per heavy atom. The molecule has 1 amide bonds. The standard InChI is InChI=1S/C10H16ClN5O2/c1-5(2)4-6(12)7(17)13-9-14-8(11)15-10(16-9)18-3/h5-6H,4,12H2,1-3H3,(H,13,14,15,16,17)/t6-/m0/s1. The fraction of sp³-hybridized carbons (Fsp3) is 0.600. The number of nitrogens with two attached hydrogens (primary N) is 1. The first kappa shape index (κ1) is 14.6. The molecule has 0 fully saturated rings. The summed E-state index contributed by atoms with van der Waals surface area (Å²) in [6.45, 7) is 3.96. The lowest BCUT2D eigenvalue weighted by atomic mass is 10.0. The Morgan fingerprint density at radius 2 is 2.11 bits per heavy atom. The topological polar surface area (TPSA) is 103 Å². The van der Waals surface area contributed by atoms with Crippen molar-refractivity contribution in [3.63, 3.8) is 0 Å². The van der Waals surface area contributed by atoms with Crippen LogP contribution in [0.3, 0.4) is 0 Å². The molecule has 0 unspecified atom stereocenters. The predicted octanol–water partition coefficient (Wildman–Crippen LogP) is 0.845. The number of carbonyl (C=O) groups is 1. The minimum atomic E-state index is -0.619. The average Bonchev–Trinajstić information content (AvgIpc) is 2.27. The van der Waals surface area contributed by atoms with E-state index in [1.54, 1.807) is 0 Å². The van der Waals surface area contributed by atoms with Crippen LogP contribution >= 0.6 is 11.6 Å². The molecule has 0 aliphatic rings. The number of nitrogens with zero attached hydrogens (tertiary/aromatic N) is 3. The van der Waals surface area contributed by atoms with Crippen molar-refractivity contribution in [1.29, 1.82) is 0 Å². The van der Waals surface area contributed by atoms with Crippen molar-refractivity contribution in [2.75, 3.05) is 12.4 Å². The van der Waals surface area contributed by atoms with Crippen molar-refractivity contribution in [2.24, 2.45) is 11.7 Å². The van der Waals surface area contributed by atoms with Crippen molar-refractivity contribution >= 4 is 23.5 Å². The maximum absolute atomic E-state index is 11.7. The lowest BCUT2D eigenvalue weighted by Gasteiger charge is -2.13. The van der Waals surface area contributed by atoms with E-state index in [2.05, 4.69) is 20.3 Å². The number of aromatic nitrogens is 3. The van der Waals surface area contributed by atoms with Crippen molar-refractivity contribution in [1.82, 2.24) is 15.0 Å². The number of methoxy groups -OCH3 is 1. The summed E-state index contributed by atoms with van der Waals surface area (Å²) in [6, 6.07) is -0.589. The number of nitrogens with one attached hydrogen (secondary N) is 1. The van der Waals surface area contributed by atoms with E-state index in [4.69, 9.17) is 22.1 Å². The minimum absolute atomic E-state index is 0.0241. The summed E-state index contributed by atoms with van der Waals surface area (Å²) in [6.07, 6.45) is 0.571. The second-order valence-corrected chi connectivity index (χ2v) is 4.48. The van der Waals surface area contributed by atoms with Crippen LogP contribution in [0.1, 0.15) is 20.3 Å². The highest BCUT2D eigenvalue weighted by molar-refractivity contribution is 6.28. The quantitative estimate of drug-likeness (QED) is 0.824. The van der Waals surface area contributed by atoms with Gasteiger partial charge in [0, 0.05) is 0 Å². The van der Waals surface area contributed by atoms with Crippen LogP contribution in [-0.2, 0) is 4.79 Å². The van der Waals surface area contributed by atoms with E-state index in [1.807, 2.05) is 13.8 Å². The largest absolute Gasteiger partial charge is 0.467 e. The van der Waals surface area contributed by atoms with Gasteiger partial charge < -0.3 is 10.5 Å². The van der Waals surface area contributed by atoms with Gasteiger partial charge in [0.05, 0.1) is 13.2 Å². The fourth-order valence-corrected chi connectivity index (χ4v) is 1.45. The first-order chi connectivity index (χ1) is 8.42. The number of hydrogen-bond acceptors (Lipinski definition) is 6. The van der Waals surface area contributed by atoms with Gasteiger partial charge in [0.2, 0.25) is 17.1 Å². The van der Waals surface area contributed by atoms with Gasteiger partial charge in [-0.05, 0) is 23.9 Å². The van der Waals surface area contributed by atoms with Gasteiger partial charge >= 0.3 is 6.01 Å². The fourth-order valence-electron chi connectivity index (χ4n) is 1.30. The van der Waals surface area contributed by atoms with Gasteiger partial charge in [-0.25, -0.2) is 0 Å². The maximum atomic E-state index is 11.7. The molecule has 3 N–H and O–H groups in total. The average molecular weight is 274 g/mol. The highest BCUT2D eigenvalue weighted by Gasteiger charge is 2.17. The molecule has 0 aromatic carbocycles. The summed E-state index contributed by atoms with van der Waals surface area (Å²) >= 11 is 5.65. The maximum Gasteiger partial charge on any atom is 0.322 e. The van der Waals surface area contributed by atoms with Gasteiger partial charge in [0.25, 0.3) is 0 Å². The van der Waals surface area contributed by atoms with E-state index >= 15 is 0 Å².